The van der Waals surface area contributed by atoms with Crippen molar-refractivity contribution in [1.82, 2.24) is 0 Å². The van der Waals surface area contributed by atoms with Gasteiger partial charge in [-0.1, -0.05) is 0 Å². The summed E-state index contributed by atoms with van der Waals surface area (Å²) in [7, 11) is 0. The summed E-state index contributed by atoms with van der Waals surface area (Å²) in [5.74, 6) is -1.04. The molecule has 2 atom stereocenters. The van der Waals surface area contributed by atoms with E-state index >= 15 is 0 Å². The van der Waals surface area contributed by atoms with Crippen molar-refractivity contribution in [3.05, 3.63) is 0 Å². The van der Waals surface area contributed by atoms with Gasteiger partial charge in [0.25, 0.3) is 0 Å². The van der Waals surface area contributed by atoms with Crippen LogP contribution in [0.2, 0.25) is 0 Å². The van der Waals surface area contributed by atoms with Crippen LogP contribution in [0.4, 0.5) is 4.39 Å². The van der Waals surface area contributed by atoms with E-state index in [4.69, 9.17) is 4.74 Å². The van der Waals surface area contributed by atoms with Gasteiger partial charge in [0.1, 0.15) is 5.60 Å². The van der Waals surface area contributed by atoms with Crippen LogP contribution in [-0.4, -0.2) is 40.7 Å². The quantitative estimate of drug-likeness (QED) is 0.771. The van der Waals surface area contributed by atoms with Crippen molar-refractivity contribution in [2.75, 3.05) is 6.61 Å². The number of carbonyl (C=O) groups excluding carboxylic acids is 1. The van der Waals surface area contributed by atoms with Gasteiger partial charge in [0.05, 0.1) is 17.8 Å². The lowest BCUT2D eigenvalue weighted by Gasteiger charge is -2.36. The lowest BCUT2D eigenvalue weighted by molar-refractivity contribution is -0.180. The fourth-order valence-electron chi connectivity index (χ4n) is 2.48. The first-order valence-electron chi connectivity index (χ1n) is 5.79. The second-order valence-electron chi connectivity index (χ2n) is 5.59. The van der Waals surface area contributed by atoms with Gasteiger partial charge in [-0.3, -0.25) is 0 Å². The van der Waals surface area contributed by atoms with Crippen LogP contribution in [-0.2, 0) is 14.3 Å². The second-order valence-corrected chi connectivity index (χ2v) is 5.59. The molecule has 0 bridgehead atoms. The highest BCUT2D eigenvalue weighted by Crippen LogP contribution is 2.47. The number of hydrogen-bond donors (Lipinski definition) is 1. The van der Waals surface area contributed by atoms with E-state index in [-0.39, 0.29) is 13.0 Å². The Morgan fingerprint density at radius 2 is 2.00 bits per heavy atom. The van der Waals surface area contributed by atoms with Crippen molar-refractivity contribution >= 4 is 5.97 Å². The summed E-state index contributed by atoms with van der Waals surface area (Å²) < 4.78 is 24.3. The van der Waals surface area contributed by atoms with Crippen LogP contribution in [0.15, 0.2) is 0 Å². The van der Waals surface area contributed by atoms with E-state index in [2.05, 4.69) is 4.74 Å². The van der Waals surface area contributed by atoms with Gasteiger partial charge in [-0.05, 0) is 34.6 Å². The Morgan fingerprint density at radius 1 is 1.47 bits per heavy atom. The van der Waals surface area contributed by atoms with Crippen LogP contribution in [0.25, 0.3) is 0 Å². The van der Waals surface area contributed by atoms with Crippen LogP contribution >= 0.6 is 0 Å². The fraction of sp³-hybridized carbons (Fsp3) is 0.917. The fourth-order valence-corrected chi connectivity index (χ4v) is 2.48. The first kappa shape index (κ1) is 14.4. The molecule has 0 aromatic carbocycles. The van der Waals surface area contributed by atoms with Crippen LogP contribution in [0.3, 0.4) is 0 Å². The van der Waals surface area contributed by atoms with Gasteiger partial charge in [0.15, 0.2) is 0 Å². The van der Waals surface area contributed by atoms with Gasteiger partial charge >= 0.3 is 5.97 Å². The van der Waals surface area contributed by atoms with Gasteiger partial charge in [-0.25, -0.2) is 9.18 Å². The molecule has 1 fully saturated rings. The van der Waals surface area contributed by atoms with E-state index < -0.39 is 28.9 Å². The predicted molar refractivity (Wildman–Crippen MR) is 60.3 cm³/mol. The zero-order valence-electron chi connectivity index (χ0n) is 11.0. The van der Waals surface area contributed by atoms with E-state index in [0.717, 1.165) is 0 Å². The molecule has 1 heterocycles. The minimum absolute atomic E-state index is 0.0486. The zero-order valence-corrected chi connectivity index (χ0v) is 11.0. The highest BCUT2D eigenvalue weighted by molar-refractivity contribution is 5.76. The van der Waals surface area contributed by atoms with Crippen LogP contribution in [0, 0.1) is 0 Å². The summed E-state index contributed by atoms with van der Waals surface area (Å²) >= 11 is 0. The smallest absolute Gasteiger partial charge is 0.343 e. The standard InChI is InChI=1S/C12H21FO4/c1-6-16-9(14)8(13)12(15)7-10(2,3)17-11(12,4)5/h8,15H,6-7H2,1-5H3. The van der Waals surface area contributed by atoms with Gasteiger partial charge in [0.2, 0.25) is 6.17 Å². The van der Waals surface area contributed by atoms with Gasteiger partial charge < -0.3 is 14.6 Å². The number of ether oxygens (including phenoxy) is 2. The molecular formula is C12H21FO4. The maximum Gasteiger partial charge on any atom is 0.343 e. The maximum atomic E-state index is 14.1. The Labute approximate surface area is 101 Å². The first-order chi connectivity index (χ1) is 7.56. The van der Waals surface area contributed by atoms with Crippen LogP contribution in [0.5, 0.6) is 0 Å². The number of esters is 1. The van der Waals surface area contributed by atoms with Gasteiger partial charge in [-0.15, -0.1) is 0 Å². The molecule has 0 spiro atoms. The summed E-state index contributed by atoms with van der Waals surface area (Å²) in [5, 5.41) is 10.4. The lowest BCUT2D eigenvalue weighted by Crippen LogP contribution is -2.56. The molecule has 0 aliphatic carbocycles. The number of carbonyl (C=O) groups is 1. The summed E-state index contributed by atoms with van der Waals surface area (Å²) in [5.41, 5.74) is -3.67. The number of aliphatic hydroxyl groups is 1. The van der Waals surface area contributed by atoms with Gasteiger partial charge in [0, 0.05) is 6.42 Å². The van der Waals surface area contributed by atoms with E-state index in [1.54, 1.807) is 34.6 Å². The average Bonchev–Trinajstić information content (AvgIpc) is 2.30. The van der Waals surface area contributed by atoms with Crippen molar-refractivity contribution in [2.45, 2.75) is 64.0 Å². The van der Waals surface area contributed by atoms with E-state index in [0.29, 0.717) is 0 Å². The number of hydrogen-bond acceptors (Lipinski definition) is 4. The third-order valence-electron chi connectivity index (χ3n) is 3.18. The minimum Gasteiger partial charge on any atom is -0.464 e. The Morgan fingerprint density at radius 3 is 2.35 bits per heavy atom. The summed E-state index contributed by atoms with van der Waals surface area (Å²) in [4.78, 5) is 11.4. The largest absolute Gasteiger partial charge is 0.464 e. The monoisotopic (exact) mass is 248 g/mol. The topological polar surface area (TPSA) is 55.8 Å². The summed E-state index contributed by atoms with van der Waals surface area (Å²) in [6.07, 6.45) is -2.05. The molecule has 1 aliphatic rings. The molecule has 100 valence electrons. The lowest BCUT2D eigenvalue weighted by atomic mass is 9.79. The number of rotatable bonds is 3. The first-order valence-corrected chi connectivity index (χ1v) is 5.79. The Kier molecular flexibility index (Phi) is 3.56. The molecule has 1 aliphatic heterocycles. The van der Waals surface area contributed by atoms with E-state index in [9.17, 15) is 14.3 Å². The van der Waals surface area contributed by atoms with E-state index in [1.165, 1.54) is 0 Å². The van der Waals surface area contributed by atoms with Gasteiger partial charge in [-0.2, -0.15) is 0 Å². The molecule has 17 heavy (non-hydrogen) atoms. The van der Waals surface area contributed by atoms with Crippen molar-refractivity contribution in [2.24, 2.45) is 0 Å². The van der Waals surface area contributed by atoms with Crippen molar-refractivity contribution in [1.29, 1.82) is 0 Å². The summed E-state index contributed by atoms with van der Waals surface area (Å²) in [6.45, 7) is 8.34. The summed E-state index contributed by atoms with van der Waals surface area (Å²) in [6, 6.07) is 0. The molecule has 4 nitrogen and oxygen atoms in total. The minimum atomic E-state index is -2.10. The van der Waals surface area contributed by atoms with Crippen molar-refractivity contribution < 1.29 is 23.8 Å². The van der Waals surface area contributed by atoms with Crippen LogP contribution < -0.4 is 0 Å². The third kappa shape index (κ3) is 2.45. The highest BCUT2D eigenvalue weighted by atomic mass is 19.1. The van der Waals surface area contributed by atoms with Crippen LogP contribution in [0.1, 0.15) is 41.0 Å². The SMILES string of the molecule is CCOC(=O)C(F)C1(O)CC(C)(C)OC1(C)C. The molecule has 2 unspecified atom stereocenters. The number of alkyl halides is 1. The third-order valence-corrected chi connectivity index (χ3v) is 3.18. The predicted octanol–water partition coefficient (Wildman–Crippen LogP) is 1.60. The molecule has 1 saturated heterocycles. The van der Waals surface area contributed by atoms with Crippen molar-refractivity contribution in [3.8, 4) is 0 Å². The molecule has 0 saturated carbocycles. The molecule has 0 radical (unpaired) electrons. The molecule has 1 rings (SSSR count). The molecule has 1 N–H and O–H groups in total. The molecule has 0 aromatic rings. The highest BCUT2D eigenvalue weighted by Gasteiger charge is 2.63. The number of halogens is 1. The molecule has 0 aromatic heterocycles. The zero-order chi connectivity index (χ0) is 13.5. The Balaban J connectivity index is 2.98. The van der Waals surface area contributed by atoms with Crippen molar-refractivity contribution in [3.63, 3.8) is 0 Å². The van der Waals surface area contributed by atoms with E-state index in [1.807, 2.05) is 0 Å². The molecule has 5 heteroatoms. The maximum absolute atomic E-state index is 14.1. The second kappa shape index (κ2) is 4.21. The Hall–Kier alpha value is -0.680. The molecular weight excluding hydrogens is 227 g/mol. The normalized spacial score (nSPS) is 32.2. The average molecular weight is 248 g/mol. The Bertz CT molecular complexity index is 314. The molecule has 0 amide bonds.